The molecule has 6 heteroatoms. The van der Waals surface area contributed by atoms with Crippen molar-refractivity contribution in [2.45, 2.75) is 0 Å². The number of nitrogens with zero attached hydrogens (tertiary/aromatic N) is 6. The predicted molar refractivity (Wildman–Crippen MR) is 118 cm³/mol. The Bertz CT molecular complexity index is 1550. The van der Waals surface area contributed by atoms with Crippen LogP contribution >= 0.6 is 0 Å². The molecule has 6 nitrogen and oxygen atoms in total. The molecule has 5 aromatic heterocycles. The van der Waals surface area contributed by atoms with Crippen molar-refractivity contribution in [1.82, 2.24) is 29.9 Å². The minimum atomic E-state index is 0.763. The lowest BCUT2D eigenvalue weighted by atomic mass is 10.0. The third-order valence-corrected chi connectivity index (χ3v) is 5.60. The highest BCUT2D eigenvalue weighted by Crippen LogP contribution is 2.35. The van der Waals surface area contributed by atoms with E-state index in [1.54, 1.807) is 24.8 Å². The van der Waals surface area contributed by atoms with E-state index >= 15 is 0 Å². The Hall–Kier alpha value is -4.32. The van der Waals surface area contributed by atoms with Crippen LogP contribution in [0.15, 0.2) is 73.3 Å². The van der Waals surface area contributed by atoms with Crippen molar-refractivity contribution < 1.29 is 0 Å². The van der Waals surface area contributed by atoms with Crippen LogP contribution in [0, 0.1) is 0 Å². The summed E-state index contributed by atoms with van der Waals surface area (Å²) in [6.07, 6.45) is 7.16. The quantitative estimate of drug-likeness (QED) is 0.271. The third kappa shape index (κ3) is 1.92. The summed E-state index contributed by atoms with van der Waals surface area (Å²) in [4.78, 5) is 28.7. The zero-order chi connectivity index (χ0) is 19.7. The number of pyridine rings is 4. The minimum Gasteiger partial charge on any atom is -0.255 e. The molecule has 0 atom stereocenters. The van der Waals surface area contributed by atoms with E-state index < -0.39 is 0 Å². The molecular weight excluding hydrogens is 372 g/mol. The van der Waals surface area contributed by atoms with Crippen molar-refractivity contribution in [3.63, 3.8) is 0 Å². The molecule has 0 aliphatic rings. The molecule has 2 aromatic carbocycles. The smallest absolute Gasteiger partial charge is 0.116 e. The van der Waals surface area contributed by atoms with Gasteiger partial charge in [0.25, 0.3) is 0 Å². The number of hydrogen-bond donors (Lipinski definition) is 0. The average Bonchev–Trinajstić information content (AvgIpc) is 2.83. The second kappa shape index (κ2) is 5.61. The molecule has 0 fully saturated rings. The largest absolute Gasteiger partial charge is 0.255 e. The Balaban J connectivity index is 1.86. The number of hydrogen-bond acceptors (Lipinski definition) is 6. The van der Waals surface area contributed by atoms with Crippen LogP contribution in [0.3, 0.4) is 0 Å². The lowest BCUT2D eigenvalue weighted by Crippen LogP contribution is -1.96. The fourth-order valence-corrected chi connectivity index (χ4v) is 4.33. The molecule has 7 rings (SSSR count). The standard InChI is InChI=1S/C24H12N6/c1-5-13-17-15(7-3-9-25-17)21-23(19(13)27-11-1)29-22-16-8-4-10-26-18(16)14-6-2-12-28-20(14)24(22)30-21/h1-12H. The zero-order valence-corrected chi connectivity index (χ0v) is 15.6. The van der Waals surface area contributed by atoms with Crippen LogP contribution in [0.2, 0.25) is 0 Å². The highest BCUT2D eigenvalue weighted by atomic mass is 14.9. The Morgan fingerprint density at radius 1 is 0.333 bits per heavy atom. The first-order chi connectivity index (χ1) is 14.9. The predicted octanol–water partition coefficient (Wildman–Crippen LogP) is 4.98. The van der Waals surface area contributed by atoms with Crippen LogP contribution in [-0.2, 0) is 0 Å². The van der Waals surface area contributed by atoms with E-state index in [4.69, 9.17) is 9.97 Å². The molecule has 0 spiro atoms. The van der Waals surface area contributed by atoms with Crippen molar-refractivity contribution in [2.24, 2.45) is 0 Å². The van der Waals surface area contributed by atoms with Crippen LogP contribution in [0.1, 0.15) is 0 Å². The number of benzene rings is 2. The maximum absolute atomic E-state index is 5.10. The molecule has 7 aromatic rings. The monoisotopic (exact) mass is 384 g/mol. The van der Waals surface area contributed by atoms with E-state index in [1.807, 2.05) is 48.5 Å². The van der Waals surface area contributed by atoms with Crippen molar-refractivity contribution >= 4 is 65.7 Å². The van der Waals surface area contributed by atoms with Gasteiger partial charge in [-0.15, -0.1) is 0 Å². The first-order valence-corrected chi connectivity index (χ1v) is 9.64. The second-order valence-corrected chi connectivity index (χ2v) is 7.22. The molecule has 138 valence electrons. The molecule has 0 aliphatic carbocycles. The van der Waals surface area contributed by atoms with E-state index in [1.165, 1.54) is 0 Å². The summed E-state index contributed by atoms with van der Waals surface area (Å²) in [6.45, 7) is 0. The van der Waals surface area contributed by atoms with Gasteiger partial charge in [-0.05, 0) is 48.5 Å². The Kier molecular flexibility index (Phi) is 2.91. The van der Waals surface area contributed by atoms with Gasteiger partial charge in [0.15, 0.2) is 0 Å². The molecular formula is C24H12N6. The van der Waals surface area contributed by atoms with E-state index in [0.29, 0.717) is 0 Å². The highest BCUT2D eigenvalue weighted by molar-refractivity contribution is 6.25. The van der Waals surface area contributed by atoms with E-state index in [2.05, 4.69) is 19.9 Å². The first kappa shape index (κ1) is 15.6. The Labute approximate surface area is 169 Å². The van der Waals surface area contributed by atoms with Crippen LogP contribution < -0.4 is 0 Å². The van der Waals surface area contributed by atoms with E-state index in [-0.39, 0.29) is 0 Å². The van der Waals surface area contributed by atoms with Gasteiger partial charge in [0.2, 0.25) is 0 Å². The molecule has 0 N–H and O–H groups in total. The average molecular weight is 384 g/mol. The van der Waals surface area contributed by atoms with Gasteiger partial charge in [0, 0.05) is 46.3 Å². The molecule has 0 bridgehead atoms. The van der Waals surface area contributed by atoms with Crippen molar-refractivity contribution in [3.05, 3.63) is 73.3 Å². The van der Waals surface area contributed by atoms with Gasteiger partial charge < -0.3 is 0 Å². The van der Waals surface area contributed by atoms with Crippen LogP contribution in [-0.4, -0.2) is 29.9 Å². The second-order valence-electron chi connectivity index (χ2n) is 7.22. The maximum atomic E-state index is 5.10. The molecule has 0 saturated carbocycles. The van der Waals surface area contributed by atoms with Gasteiger partial charge >= 0.3 is 0 Å². The topological polar surface area (TPSA) is 77.3 Å². The van der Waals surface area contributed by atoms with Crippen molar-refractivity contribution in [2.75, 3.05) is 0 Å². The van der Waals surface area contributed by atoms with Gasteiger partial charge in [0.1, 0.15) is 33.1 Å². The summed E-state index contributed by atoms with van der Waals surface area (Å²) in [5, 5.41) is 3.85. The molecule has 30 heavy (non-hydrogen) atoms. The molecule has 0 saturated heterocycles. The fourth-order valence-electron chi connectivity index (χ4n) is 4.33. The summed E-state index contributed by atoms with van der Waals surface area (Å²) in [5.74, 6) is 0. The Morgan fingerprint density at radius 2 is 0.667 bits per heavy atom. The molecule has 0 unspecified atom stereocenters. The van der Waals surface area contributed by atoms with Crippen molar-refractivity contribution in [1.29, 1.82) is 0 Å². The lowest BCUT2D eigenvalue weighted by molar-refractivity contribution is 1.35. The zero-order valence-electron chi connectivity index (χ0n) is 15.6. The molecule has 0 aliphatic heterocycles. The summed E-state index contributed by atoms with van der Waals surface area (Å²) < 4.78 is 0. The molecule has 0 radical (unpaired) electrons. The normalized spacial score (nSPS) is 12.0. The van der Waals surface area contributed by atoms with Gasteiger partial charge in [-0.3, -0.25) is 19.9 Å². The molecule has 5 heterocycles. The minimum absolute atomic E-state index is 0.763. The van der Waals surface area contributed by atoms with Gasteiger partial charge in [-0.25, -0.2) is 9.97 Å². The highest BCUT2D eigenvalue weighted by Gasteiger charge is 2.17. The lowest BCUT2D eigenvalue weighted by Gasteiger charge is -2.11. The number of fused-ring (bicyclic) bond motifs is 12. The summed E-state index contributed by atoms with van der Waals surface area (Å²) >= 11 is 0. The third-order valence-electron chi connectivity index (χ3n) is 5.60. The summed E-state index contributed by atoms with van der Waals surface area (Å²) in [7, 11) is 0. The molecule has 0 amide bonds. The fraction of sp³-hybridized carbons (Fsp3) is 0. The van der Waals surface area contributed by atoms with Crippen molar-refractivity contribution in [3.8, 4) is 0 Å². The SMILES string of the molecule is c1cnc2c(c1)c1ncccc1c1nc3c4ncccc4c4ncccc4c3nc21. The van der Waals surface area contributed by atoms with E-state index in [0.717, 1.165) is 65.7 Å². The van der Waals surface area contributed by atoms with E-state index in [9.17, 15) is 0 Å². The van der Waals surface area contributed by atoms with Crippen LogP contribution in [0.5, 0.6) is 0 Å². The maximum Gasteiger partial charge on any atom is 0.116 e. The van der Waals surface area contributed by atoms with Gasteiger partial charge in [-0.1, -0.05) is 0 Å². The van der Waals surface area contributed by atoms with Gasteiger partial charge in [0.05, 0.1) is 11.0 Å². The summed E-state index contributed by atoms with van der Waals surface area (Å²) in [6, 6.07) is 15.8. The number of rotatable bonds is 0. The number of aromatic nitrogens is 6. The first-order valence-electron chi connectivity index (χ1n) is 9.64. The van der Waals surface area contributed by atoms with Crippen LogP contribution in [0.25, 0.3) is 65.7 Å². The van der Waals surface area contributed by atoms with Crippen LogP contribution in [0.4, 0.5) is 0 Å². The van der Waals surface area contributed by atoms with Gasteiger partial charge in [-0.2, -0.15) is 0 Å². The summed E-state index contributed by atoms with van der Waals surface area (Å²) in [5.41, 5.74) is 6.44. The Morgan fingerprint density at radius 3 is 1.07 bits per heavy atom.